The van der Waals surface area contributed by atoms with Gasteiger partial charge in [0.25, 0.3) is 0 Å². The molecule has 24 heavy (non-hydrogen) atoms. The molecule has 0 bridgehead atoms. The van der Waals surface area contributed by atoms with E-state index in [0.717, 1.165) is 44.6 Å². The molecular weight excluding hydrogens is 318 g/mol. The van der Waals surface area contributed by atoms with Gasteiger partial charge in [-0.3, -0.25) is 4.79 Å². The van der Waals surface area contributed by atoms with Gasteiger partial charge >= 0.3 is 0 Å². The number of rotatable bonds is 3. The molecule has 0 spiro atoms. The minimum atomic E-state index is 0.0505. The average molecular weight is 341 g/mol. The first-order chi connectivity index (χ1) is 11.8. The summed E-state index contributed by atoms with van der Waals surface area (Å²) in [4.78, 5) is 20.8. The summed E-state index contributed by atoms with van der Waals surface area (Å²) < 4.78 is 2.27. The van der Waals surface area contributed by atoms with Gasteiger partial charge in [-0.1, -0.05) is 25.1 Å². The minimum absolute atomic E-state index is 0.0505. The van der Waals surface area contributed by atoms with Gasteiger partial charge in [0.2, 0.25) is 5.91 Å². The number of hydrogen-bond acceptors (Lipinski definition) is 3. The molecule has 0 radical (unpaired) electrons. The van der Waals surface area contributed by atoms with Crippen molar-refractivity contribution < 1.29 is 4.79 Å². The van der Waals surface area contributed by atoms with Crippen LogP contribution in [0.15, 0.2) is 41.6 Å². The SMILES string of the molecule is CCc1nccn1[C@@H]1CCCN(C(=O)[C@H]2Cc3ccccc3S2)C1. The fraction of sp³-hybridized carbons (Fsp3) is 0.474. The smallest absolute Gasteiger partial charge is 0.236 e. The molecule has 1 amide bonds. The van der Waals surface area contributed by atoms with E-state index in [1.807, 2.05) is 6.20 Å². The topological polar surface area (TPSA) is 38.1 Å². The van der Waals surface area contributed by atoms with E-state index in [-0.39, 0.29) is 5.25 Å². The highest BCUT2D eigenvalue weighted by Gasteiger charge is 2.34. The van der Waals surface area contributed by atoms with Crippen LogP contribution in [0.2, 0.25) is 0 Å². The molecule has 0 unspecified atom stereocenters. The summed E-state index contributed by atoms with van der Waals surface area (Å²) in [5.74, 6) is 1.43. The number of nitrogens with zero attached hydrogens (tertiary/aromatic N) is 3. The van der Waals surface area contributed by atoms with Crippen LogP contribution in [0.1, 0.15) is 37.2 Å². The Morgan fingerprint density at radius 2 is 2.25 bits per heavy atom. The maximum absolute atomic E-state index is 13.0. The molecule has 2 aromatic rings. The molecule has 126 valence electrons. The Bertz CT molecular complexity index is 717. The summed E-state index contributed by atoms with van der Waals surface area (Å²) in [5.41, 5.74) is 1.32. The van der Waals surface area contributed by atoms with Gasteiger partial charge in [-0.25, -0.2) is 4.98 Å². The molecule has 0 N–H and O–H groups in total. The number of aromatic nitrogens is 2. The molecule has 2 atom stereocenters. The second-order valence-electron chi connectivity index (χ2n) is 6.60. The zero-order chi connectivity index (χ0) is 16.5. The van der Waals surface area contributed by atoms with Gasteiger partial charge in [-0.15, -0.1) is 11.8 Å². The fourth-order valence-corrected chi connectivity index (χ4v) is 5.13. The molecule has 1 aromatic carbocycles. The molecule has 4 nitrogen and oxygen atoms in total. The number of aryl methyl sites for hydroxylation is 1. The van der Waals surface area contributed by atoms with Crippen molar-refractivity contribution in [3.05, 3.63) is 48.0 Å². The van der Waals surface area contributed by atoms with Crippen molar-refractivity contribution in [3.8, 4) is 0 Å². The van der Waals surface area contributed by atoms with Crippen molar-refractivity contribution in [2.24, 2.45) is 0 Å². The summed E-state index contributed by atoms with van der Waals surface area (Å²) in [6.45, 7) is 3.84. The number of benzene rings is 1. The first-order valence-electron chi connectivity index (χ1n) is 8.81. The standard InChI is InChI=1S/C19H23N3OS/c1-2-18-20-9-11-22(18)15-7-5-10-21(13-15)19(23)17-12-14-6-3-4-8-16(14)24-17/h3-4,6,8-9,11,15,17H,2,5,7,10,12-13H2,1H3/t15-,17-/m1/s1. The molecule has 1 fully saturated rings. The van der Waals surface area contributed by atoms with Gasteiger partial charge in [0.05, 0.1) is 11.3 Å². The molecule has 2 aliphatic rings. The van der Waals surface area contributed by atoms with Crippen molar-refractivity contribution >= 4 is 17.7 Å². The number of likely N-dealkylation sites (tertiary alicyclic amines) is 1. The lowest BCUT2D eigenvalue weighted by molar-refractivity contribution is -0.132. The van der Waals surface area contributed by atoms with Crippen LogP contribution in [-0.2, 0) is 17.6 Å². The van der Waals surface area contributed by atoms with Crippen molar-refractivity contribution in [3.63, 3.8) is 0 Å². The minimum Gasteiger partial charge on any atom is -0.340 e. The zero-order valence-electron chi connectivity index (χ0n) is 14.0. The molecule has 1 aromatic heterocycles. The lowest BCUT2D eigenvalue weighted by Gasteiger charge is -2.35. The van der Waals surface area contributed by atoms with Gasteiger partial charge in [0.15, 0.2) is 0 Å². The Balaban J connectivity index is 1.46. The number of thioether (sulfide) groups is 1. The molecular formula is C19H23N3OS. The number of piperidine rings is 1. The van der Waals surface area contributed by atoms with Crippen LogP contribution in [0.25, 0.3) is 0 Å². The Labute approximate surface area is 147 Å². The number of imidazole rings is 1. The summed E-state index contributed by atoms with van der Waals surface area (Å²) in [5, 5.41) is 0.0505. The number of hydrogen-bond donors (Lipinski definition) is 0. The Morgan fingerprint density at radius 3 is 3.08 bits per heavy atom. The normalized spacial score (nSPS) is 23.3. The molecule has 0 aliphatic carbocycles. The average Bonchev–Trinajstić information content (AvgIpc) is 3.27. The van der Waals surface area contributed by atoms with Gasteiger partial charge in [-0.2, -0.15) is 0 Å². The summed E-state index contributed by atoms with van der Waals surface area (Å²) in [6.07, 6.45) is 7.95. The second kappa shape index (κ2) is 6.63. The van der Waals surface area contributed by atoms with E-state index in [0.29, 0.717) is 11.9 Å². The first kappa shape index (κ1) is 15.8. The van der Waals surface area contributed by atoms with Gasteiger partial charge in [0, 0.05) is 36.8 Å². The van der Waals surface area contributed by atoms with E-state index < -0.39 is 0 Å². The summed E-state index contributed by atoms with van der Waals surface area (Å²) >= 11 is 1.73. The molecule has 4 rings (SSSR count). The number of carbonyl (C=O) groups is 1. The fourth-order valence-electron chi connectivity index (χ4n) is 3.86. The predicted octanol–water partition coefficient (Wildman–Crippen LogP) is 3.33. The molecule has 3 heterocycles. The van der Waals surface area contributed by atoms with Gasteiger partial charge < -0.3 is 9.47 Å². The molecule has 5 heteroatoms. The number of fused-ring (bicyclic) bond motifs is 1. The number of carbonyl (C=O) groups excluding carboxylic acids is 1. The van der Waals surface area contributed by atoms with Crippen molar-refractivity contribution in [1.29, 1.82) is 0 Å². The molecule has 2 aliphatic heterocycles. The van der Waals surface area contributed by atoms with E-state index in [9.17, 15) is 4.79 Å². The molecule has 0 saturated carbocycles. The molecule has 1 saturated heterocycles. The maximum Gasteiger partial charge on any atom is 0.236 e. The van der Waals surface area contributed by atoms with Crippen LogP contribution >= 0.6 is 11.8 Å². The van der Waals surface area contributed by atoms with Crippen LogP contribution in [0.5, 0.6) is 0 Å². The van der Waals surface area contributed by atoms with E-state index >= 15 is 0 Å². The van der Waals surface area contributed by atoms with Crippen LogP contribution in [0, 0.1) is 0 Å². The van der Waals surface area contributed by atoms with Gasteiger partial charge in [0.1, 0.15) is 5.82 Å². The first-order valence-corrected chi connectivity index (χ1v) is 9.69. The largest absolute Gasteiger partial charge is 0.340 e. The number of amides is 1. The van der Waals surface area contributed by atoms with Crippen molar-refractivity contribution in [2.75, 3.05) is 13.1 Å². The van der Waals surface area contributed by atoms with E-state index in [4.69, 9.17) is 0 Å². The van der Waals surface area contributed by atoms with E-state index in [1.165, 1.54) is 10.5 Å². The summed E-state index contributed by atoms with van der Waals surface area (Å²) in [6, 6.07) is 8.77. The van der Waals surface area contributed by atoms with Gasteiger partial charge in [-0.05, 0) is 30.9 Å². The monoisotopic (exact) mass is 341 g/mol. The van der Waals surface area contributed by atoms with Crippen LogP contribution in [-0.4, -0.2) is 38.7 Å². The zero-order valence-corrected chi connectivity index (χ0v) is 14.8. The van der Waals surface area contributed by atoms with Crippen molar-refractivity contribution in [1.82, 2.24) is 14.5 Å². The van der Waals surface area contributed by atoms with Crippen LogP contribution < -0.4 is 0 Å². The van der Waals surface area contributed by atoms with Crippen LogP contribution in [0.3, 0.4) is 0 Å². The van der Waals surface area contributed by atoms with E-state index in [1.54, 1.807) is 11.8 Å². The second-order valence-corrected chi connectivity index (χ2v) is 7.85. The van der Waals surface area contributed by atoms with Crippen LogP contribution in [0.4, 0.5) is 0 Å². The van der Waals surface area contributed by atoms with E-state index in [2.05, 4.69) is 51.8 Å². The lowest BCUT2D eigenvalue weighted by Crippen LogP contribution is -2.44. The van der Waals surface area contributed by atoms with Crippen molar-refractivity contribution in [2.45, 2.75) is 48.8 Å². The predicted molar refractivity (Wildman–Crippen MR) is 96.2 cm³/mol. The Kier molecular flexibility index (Phi) is 4.35. The third-order valence-electron chi connectivity index (χ3n) is 5.09. The maximum atomic E-state index is 13.0. The highest BCUT2D eigenvalue weighted by atomic mass is 32.2. The third-order valence-corrected chi connectivity index (χ3v) is 6.39. The summed E-state index contributed by atoms with van der Waals surface area (Å²) in [7, 11) is 0. The Morgan fingerprint density at radius 1 is 1.38 bits per heavy atom. The highest BCUT2D eigenvalue weighted by Crippen LogP contribution is 2.38. The Hall–Kier alpha value is -1.75. The highest BCUT2D eigenvalue weighted by molar-refractivity contribution is 8.01. The lowest BCUT2D eigenvalue weighted by atomic mass is 10.0. The quantitative estimate of drug-likeness (QED) is 0.859. The third kappa shape index (κ3) is 2.86.